The number of amides is 2. The molecule has 0 atom stereocenters. The number of carbonyl (C=O) groups is 2. The van der Waals surface area contributed by atoms with E-state index in [2.05, 4.69) is 6.07 Å². The Kier molecular flexibility index (Phi) is 10.9. The summed E-state index contributed by atoms with van der Waals surface area (Å²) in [6.07, 6.45) is 11.9. The average molecular weight is 660 g/mol. The van der Waals surface area contributed by atoms with Gasteiger partial charge in [0, 0.05) is 62.5 Å². The van der Waals surface area contributed by atoms with Crippen LogP contribution in [0.1, 0.15) is 93.3 Å². The number of likely N-dealkylation sites (N-methyl/N-ethyl adjacent to an activating group) is 1. The molecule has 48 heavy (non-hydrogen) atoms. The lowest BCUT2D eigenvalue weighted by molar-refractivity contribution is -0.124. The van der Waals surface area contributed by atoms with Crippen LogP contribution in [0.15, 0.2) is 41.1 Å². The van der Waals surface area contributed by atoms with Gasteiger partial charge in [-0.25, -0.2) is 14.8 Å². The third kappa shape index (κ3) is 8.17. The van der Waals surface area contributed by atoms with E-state index in [0.29, 0.717) is 69.0 Å². The number of aryl methyl sites for hydroxylation is 1. The van der Waals surface area contributed by atoms with Crippen LogP contribution in [-0.2, 0) is 14.3 Å². The minimum absolute atomic E-state index is 0.0926. The lowest BCUT2D eigenvalue weighted by Gasteiger charge is -2.35. The number of aromatic nitrogens is 3. The molecule has 0 bridgehead atoms. The predicted molar refractivity (Wildman–Crippen MR) is 181 cm³/mol. The van der Waals surface area contributed by atoms with Gasteiger partial charge in [0.2, 0.25) is 5.91 Å². The van der Waals surface area contributed by atoms with E-state index in [0.717, 1.165) is 72.8 Å². The Labute approximate surface area is 283 Å². The first-order valence-corrected chi connectivity index (χ1v) is 17.5. The molecule has 11 nitrogen and oxygen atoms in total. The fourth-order valence-corrected chi connectivity index (χ4v) is 7.07. The molecule has 0 aromatic carbocycles. The molecule has 0 aliphatic heterocycles. The van der Waals surface area contributed by atoms with Crippen molar-refractivity contribution < 1.29 is 28.2 Å². The summed E-state index contributed by atoms with van der Waals surface area (Å²) >= 11 is 0. The quantitative estimate of drug-likeness (QED) is 0.204. The van der Waals surface area contributed by atoms with E-state index < -0.39 is 0 Å². The Balaban J connectivity index is 1.14. The highest BCUT2D eigenvalue weighted by Crippen LogP contribution is 2.41. The van der Waals surface area contributed by atoms with Gasteiger partial charge in [0.1, 0.15) is 29.6 Å². The van der Waals surface area contributed by atoms with E-state index in [9.17, 15) is 9.59 Å². The summed E-state index contributed by atoms with van der Waals surface area (Å²) < 4.78 is 22.0. The summed E-state index contributed by atoms with van der Waals surface area (Å²) in [4.78, 5) is 44.7. The van der Waals surface area contributed by atoms with Crippen LogP contribution >= 0.6 is 0 Å². The van der Waals surface area contributed by atoms with Crippen LogP contribution in [0.3, 0.4) is 0 Å². The third-order valence-corrected chi connectivity index (χ3v) is 10.3. The number of carbonyl (C=O) groups excluding carboxylic acids is 2. The molecule has 258 valence electrons. The van der Waals surface area contributed by atoms with Gasteiger partial charge in [-0.3, -0.25) is 14.7 Å². The Hall–Kier alpha value is -3.99. The van der Waals surface area contributed by atoms with Crippen LogP contribution in [0.25, 0.3) is 11.3 Å². The average Bonchev–Trinajstić information content (AvgIpc) is 3.85. The molecule has 11 heteroatoms. The maximum atomic E-state index is 14.4. The number of hydrogen-bond donors (Lipinski definition) is 0. The van der Waals surface area contributed by atoms with E-state index in [1.54, 1.807) is 33.7 Å². The van der Waals surface area contributed by atoms with Gasteiger partial charge in [0.05, 0.1) is 19.4 Å². The highest BCUT2D eigenvalue weighted by molar-refractivity contribution is 5.94. The van der Waals surface area contributed by atoms with Crippen molar-refractivity contribution in [2.24, 2.45) is 11.8 Å². The highest BCUT2D eigenvalue weighted by Gasteiger charge is 2.35. The first-order chi connectivity index (χ1) is 23.3. The molecule has 3 aliphatic rings. The number of ether oxygens (including phenoxy) is 3. The van der Waals surface area contributed by atoms with Crippen LogP contribution in [0.2, 0.25) is 0 Å². The monoisotopic (exact) mass is 659 g/mol. The van der Waals surface area contributed by atoms with Crippen molar-refractivity contribution in [3.05, 3.63) is 54.0 Å². The molecule has 3 aromatic heterocycles. The van der Waals surface area contributed by atoms with Gasteiger partial charge in [0.15, 0.2) is 5.89 Å². The molecule has 0 spiro atoms. The number of oxazole rings is 1. The molecule has 3 aromatic rings. The summed E-state index contributed by atoms with van der Waals surface area (Å²) in [6.45, 7) is 3.53. The van der Waals surface area contributed by atoms with E-state index in [1.807, 2.05) is 30.0 Å². The number of nitrogens with zero attached hydrogens (tertiary/aromatic N) is 5. The van der Waals surface area contributed by atoms with Crippen molar-refractivity contribution in [1.29, 1.82) is 0 Å². The van der Waals surface area contributed by atoms with Crippen LogP contribution in [-0.4, -0.2) is 78.9 Å². The molecule has 2 amide bonds. The zero-order valence-electron chi connectivity index (χ0n) is 28.7. The molecule has 3 heterocycles. The van der Waals surface area contributed by atoms with Gasteiger partial charge in [-0.15, -0.1) is 0 Å². The summed E-state index contributed by atoms with van der Waals surface area (Å²) in [7, 11) is 5.00. The topological polar surface area (TPSA) is 120 Å². The highest BCUT2D eigenvalue weighted by atomic mass is 16.6. The van der Waals surface area contributed by atoms with Crippen LogP contribution in [0.4, 0.5) is 10.6 Å². The molecule has 0 saturated heterocycles. The smallest absolute Gasteiger partial charge is 0.409 e. The molecular weight excluding hydrogens is 610 g/mol. The zero-order chi connectivity index (χ0) is 33.6. The zero-order valence-corrected chi connectivity index (χ0v) is 28.7. The van der Waals surface area contributed by atoms with Crippen LogP contribution < -0.4 is 9.64 Å². The summed E-state index contributed by atoms with van der Waals surface area (Å²) in [5, 5.41) is 0. The number of methoxy groups -OCH3 is 2. The van der Waals surface area contributed by atoms with Crippen molar-refractivity contribution >= 4 is 17.8 Å². The minimum atomic E-state index is -0.349. The number of hydrogen-bond acceptors (Lipinski definition) is 9. The van der Waals surface area contributed by atoms with Crippen LogP contribution in [0.5, 0.6) is 5.75 Å². The molecule has 6 rings (SSSR count). The number of anilines is 1. The van der Waals surface area contributed by atoms with Gasteiger partial charge < -0.3 is 23.5 Å². The Morgan fingerprint density at radius 3 is 2.38 bits per heavy atom. The third-order valence-electron chi connectivity index (χ3n) is 10.3. The maximum Gasteiger partial charge on any atom is 0.409 e. The van der Waals surface area contributed by atoms with Crippen molar-refractivity contribution in [1.82, 2.24) is 19.9 Å². The largest absolute Gasteiger partial charge is 0.495 e. The first kappa shape index (κ1) is 33.9. The second kappa shape index (κ2) is 15.5. The molecule has 0 radical (unpaired) electrons. The van der Waals surface area contributed by atoms with Crippen molar-refractivity contribution in [3.8, 4) is 17.0 Å². The van der Waals surface area contributed by atoms with Crippen molar-refractivity contribution in [2.75, 3.05) is 45.9 Å². The Morgan fingerprint density at radius 2 is 1.69 bits per heavy atom. The minimum Gasteiger partial charge on any atom is -0.495 e. The van der Waals surface area contributed by atoms with E-state index in [1.165, 1.54) is 4.90 Å². The van der Waals surface area contributed by atoms with Crippen molar-refractivity contribution in [3.63, 3.8) is 0 Å². The van der Waals surface area contributed by atoms with Gasteiger partial charge >= 0.3 is 6.09 Å². The van der Waals surface area contributed by atoms with Crippen LogP contribution in [0, 0.1) is 18.8 Å². The second-order valence-corrected chi connectivity index (χ2v) is 13.7. The fraction of sp³-hybridized carbons (Fsp3) is 0.595. The summed E-state index contributed by atoms with van der Waals surface area (Å²) in [6, 6.07) is 8.01. The number of pyridine rings is 2. The standard InChI is InChI=1S/C37H49N5O6/c1-24-33(46-4)16-15-31(39-24)26-7-5-25(6-8-26)22-42(34-21-29(17-18-38-34)32-23-47-35(40-32)27-9-10-27)36(43)28-11-13-30(14-12-28)48-37(44)41(2)19-20-45-3/h15-18,21,23,25-28,30H,5-14,19-20,22H2,1-4H3. The van der Waals surface area contributed by atoms with Gasteiger partial charge in [-0.05, 0) is 101 Å². The summed E-state index contributed by atoms with van der Waals surface area (Å²) in [5.41, 5.74) is 3.70. The Bertz CT molecular complexity index is 1540. The normalized spacial score (nSPS) is 22.6. The lowest BCUT2D eigenvalue weighted by atomic mass is 9.79. The fourth-order valence-electron chi connectivity index (χ4n) is 7.07. The van der Waals surface area contributed by atoms with E-state index in [-0.39, 0.29) is 24.0 Å². The van der Waals surface area contributed by atoms with Gasteiger partial charge in [0.25, 0.3) is 0 Å². The van der Waals surface area contributed by atoms with Gasteiger partial charge in [-0.1, -0.05) is 0 Å². The molecular formula is C37H49N5O6. The molecule has 3 saturated carbocycles. The SMILES string of the molecule is COCCN(C)C(=O)OC1CCC(C(=O)N(CC2CCC(c3ccc(OC)c(C)n3)CC2)c2cc(-c3coc(C4CC4)n3)ccn2)CC1. The predicted octanol–water partition coefficient (Wildman–Crippen LogP) is 6.91. The first-order valence-electron chi connectivity index (χ1n) is 17.5. The maximum absolute atomic E-state index is 14.4. The van der Waals surface area contributed by atoms with Crippen molar-refractivity contribution in [2.45, 2.75) is 89.1 Å². The summed E-state index contributed by atoms with van der Waals surface area (Å²) in [5.74, 6) is 3.35. The molecule has 0 N–H and O–H groups in total. The van der Waals surface area contributed by atoms with Gasteiger partial charge in [-0.2, -0.15) is 0 Å². The lowest BCUT2D eigenvalue weighted by Crippen LogP contribution is -2.43. The second-order valence-electron chi connectivity index (χ2n) is 13.7. The van der Waals surface area contributed by atoms with E-state index >= 15 is 0 Å². The molecule has 3 aliphatic carbocycles. The molecule has 0 unspecified atom stereocenters. The Morgan fingerprint density at radius 1 is 0.938 bits per heavy atom. The number of rotatable bonds is 12. The molecule has 3 fully saturated rings. The van der Waals surface area contributed by atoms with E-state index in [4.69, 9.17) is 33.6 Å².